The average molecular weight is 259 g/mol. The summed E-state index contributed by atoms with van der Waals surface area (Å²) in [5.41, 5.74) is 0.178. The number of aromatic nitrogens is 1. The van der Waals surface area contributed by atoms with Gasteiger partial charge in [-0.3, -0.25) is 4.79 Å². The van der Waals surface area contributed by atoms with E-state index in [1.54, 1.807) is 30.3 Å². The summed E-state index contributed by atoms with van der Waals surface area (Å²) in [7, 11) is 0. The molecule has 1 aromatic carbocycles. The highest BCUT2D eigenvalue weighted by Crippen LogP contribution is 2.23. The number of rotatable bonds is 4. The summed E-state index contributed by atoms with van der Waals surface area (Å²) in [4.78, 5) is 25.1. The molecule has 98 valence electrons. The Kier molecular flexibility index (Phi) is 3.66. The predicted molar refractivity (Wildman–Crippen MR) is 70.6 cm³/mol. The largest absolute Gasteiger partial charge is 0.494 e. The number of hydrogen-bond acceptors (Lipinski definition) is 3. The van der Waals surface area contributed by atoms with Crippen LogP contribution in [0.1, 0.15) is 17.3 Å². The number of pyridine rings is 1. The molecule has 2 rings (SSSR count). The fourth-order valence-electron chi connectivity index (χ4n) is 1.83. The van der Waals surface area contributed by atoms with E-state index < -0.39 is 11.5 Å². The first-order chi connectivity index (χ1) is 9.13. The van der Waals surface area contributed by atoms with Gasteiger partial charge in [0.15, 0.2) is 0 Å². The van der Waals surface area contributed by atoms with E-state index in [1.165, 1.54) is 6.20 Å². The van der Waals surface area contributed by atoms with Crippen LogP contribution in [0.2, 0.25) is 0 Å². The van der Waals surface area contributed by atoms with Crippen molar-refractivity contribution in [3.05, 3.63) is 52.4 Å². The van der Waals surface area contributed by atoms with Gasteiger partial charge in [0.1, 0.15) is 11.3 Å². The normalized spacial score (nSPS) is 10.2. The van der Waals surface area contributed by atoms with Crippen molar-refractivity contribution in [2.24, 2.45) is 0 Å². The first-order valence-corrected chi connectivity index (χ1v) is 5.81. The maximum absolute atomic E-state index is 11.6. The topological polar surface area (TPSA) is 79.4 Å². The van der Waals surface area contributed by atoms with Crippen molar-refractivity contribution in [3.63, 3.8) is 0 Å². The molecule has 0 radical (unpaired) electrons. The summed E-state index contributed by atoms with van der Waals surface area (Å²) in [5, 5.41) is 9.10. The van der Waals surface area contributed by atoms with Crippen LogP contribution in [0.15, 0.2) is 41.3 Å². The van der Waals surface area contributed by atoms with E-state index in [-0.39, 0.29) is 5.56 Å². The molecule has 0 unspecified atom stereocenters. The Morgan fingerprint density at radius 2 is 1.95 bits per heavy atom. The second-order valence-electron chi connectivity index (χ2n) is 3.86. The zero-order valence-corrected chi connectivity index (χ0v) is 10.3. The van der Waals surface area contributed by atoms with Crippen LogP contribution in [0.25, 0.3) is 11.1 Å². The molecule has 5 heteroatoms. The fourth-order valence-corrected chi connectivity index (χ4v) is 1.83. The lowest BCUT2D eigenvalue weighted by Gasteiger charge is -2.07. The van der Waals surface area contributed by atoms with Gasteiger partial charge < -0.3 is 14.8 Å². The summed E-state index contributed by atoms with van der Waals surface area (Å²) in [6, 6.07) is 8.51. The molecule has 0 bridgehead atoms. The van der Waals surface area contributed by atoms with Crippen molar-refractivity contribution >= 4 is 5.97 Å². The second-order valence-corrected chi connectivity index (χ2v) is 3.86. The molecule has 0 aliphatic heterocycles. The zero-order valence-electron chi connectivity index (χ0n) is 10.3. The van der Waals surface area contributed by atoms with Crippen molar-refractivity contribution in [1.82, 2.24) is 4.98 Å². The first kappa shape index (κ1) is 12.9. The minimum atomic E-state index is -1.24. The van der Waals surface area contributed by atoms with Gasteiger partial charge in [-0.15, -0.1) is 0 Å². The molecule has 19 heavy (non-hydrogen) atoms. The number of H-pyrrole nitrogens is 1. The smallest absolute Gasteiger partial charge is 0.341 e. The molecule has 0 fully saturated rings. The number of ether oxygens (including phenoxy) is 1. The van der Waals surface area contributed by atoms with Crippen molar-refractivity contribution in [1.29, 1.82) is 0 Å². The molecule has 2 N–H and O–H groups in total. The number of carbonyl (C=O) groups is 1. The SMILES string of the molecule is CCOc1ccc(-c2cc[nH]c(=O)c2C(=O)O)cc1. The van der Waals surface area contributed by atoms with Gasteiger partial charge in [0, 0.05) is 11.8 Å². The van der Waals surface area contributed by atoms with Crippen LogP contribution in [-0.2, 0) is 0 Å². The number of aromatic carboxylic acids is 1. The molecular formula is C14H13NO4. The molecule has 0 spiro atoms. The van der Waals surface area contributed by atoms with Gasteiger partial charge in [0.25, 0.3) is 5.56 Å². The van der Waals surface area contributed by atoms with E-state index >= 15 is 0 Å². The Morgan fingerprint density at radius 3 is 2.53 bits per heavy atom. The monoisotopic (exact) mass is 259 g/mol. The van der Waals surface area contributed by atoms with Crippen molar-refractivity contribution < 1.29 is 14.6 Å². The highest BCUT2D eigenvalue weighted by atomic mass is 16.5. The summed E-state index contributed by atoms with van der Waals surface area (Å²) in [6.07, 6.45) is 1.43. The lowest BCUT2D eigenvalue weighted by molar-refractivity contribution is 0.0696. The number of carboxylic acids is 1. The van der Waals surface area contributed by atoms with Gasteiger partial charge in [-0.05, 0) is 30.7 Å². The summed E-state index contributed by atoms with van der Waals surface area (Å²) < 4.78 is 5.31. The third-order valence-electron chi connectivity index (χ3n) is 2.65. The van der Waals surface area contributed by atoms with Crippen LogP contribution < -0.4 is 10.3 Å². The number of carboxylic acid groups (broad SMARTS) is 1. The minimum absolute atomic E-state index is 0.258. The van der Waals surface area contributed by atoms with Gasteiger partial charge in [0.05, 0.1) is 6.61 Å². The minimum Gasteiger partial charge on any atom is -0.494 e. The molecule has 1 aromatic heterocycles. The molecule has 0 saturated heterocycles. The van der Waals surface area contributed by atoms with Crippen molar-refractivity contribution in [2.75, 3.05) is 6.61 Å². The second kappa shape index (κ2) is 5.39. The molecule has 0 aliphatic rings. The lowest BCUT2D eigenvalue weighted by Crippen LogP contribution is -2.18. The maximum atomic E-state index is 11.6. The molecule has 0 atom stereocenters. The van der Waals surface area contributed by atoms with Gasteiger partial charge in [-0.25, -0.2) is 4.79 Å². The highest BCUT2D eigenvalue weighted by Gasteiger charge is 2.15. The fraction of sp³-hybridized carbons (Fsp3) is 0.143. The molecule has 0 aliphatic carbocycles. The van der Waals surface area contributed by atoms with Gasteiger partial charge in [-0.1, -0.05) is 12.1 Å². The third-order valence-corrected chi connectivity index (χ3v) is 2.65. The van der Waals surface area contributed by atoms with E-state index in [2.05, 4.69) is 4.98 Å². The van der Waals surface area contributed by atoms with Crippen molar-refractivity contribution in [2.45, 2.75) is 6.92 Å². The van der Waals surface area contributed by atoms with Crippen LogP contribution in [0, 0.1) is 0 Å². The maximum Gasteiger partial charge on any atom is 0.341 e. The van der Waals surface area contributed by atoms with Crippen molar-refractivity contribution in [3.8, 4) is 16.9 Å². The van der Waals surface area contributed by atoms with Gasteiger partial charge in [-0.2, -0.15) is 0 Å². The predicted octanol–water partition coefficient (Wildman–Crippen LogP) is 2.14. The van der Waals surface area contributed by atoms with E-state index in [4.69, 9.17) is 9.84 Å². The Bertz CT molecular complexity index is 643. The van der Waals surface area contributed by atoms with E-state index in [0.29, 0.717) is 23.5 Å². The Balaban J connectivity index is 2.50. The summed E-state index contributed by atoms with van der Waals surface area (Å²) >= 11 is 0. The van der Waals surface area contributed by atoms with Gasteiger partial charge >= 0.3 is 5.97 Å². The number of aromatic amines is 1. The van der Waals surface area contributed by atoms with Crippen LogP contribution >= 0.6 is 0 Å². The third kappa shape index (κ3) is 2.65. The Labute approximate surface area is 109 Å². The molecule has 1 heterocycles. The zero-order chi connectivity index (χ0) is 13.8. The lowest BCUT2D eigenvalue weighted by atomic mass is 10.0. The summed E-state index contributed by atoms with van der Waals surface area (Å²) in [5.74, 6) is -0.543. The molecule has 0 amide bonds. The number of hydrogen-bond donors (Lipinski definition) is 2. The molecule has 2 aromatic rings. The van der Waals surface area contributed by atoms with Gasteiger partial charge in [0.2, 0.25) is 0 Å². The van der Waals surface area contributed by atoms with Crippen LogP contribution in [0.4, 0.5) is 0 Å². The Morgan fingerprint density at radius 1 is 1.26 bits per heavy atom. The quantitative estimate of drug-likeness (QED) is 0.881. The van der Waals surface area contributed by atoms with E-state index in [0.717, 1.165) is 0 Å². The first-order valence-electron chi connectivity index (χ1n) is 5.81. The van der Waals surface area contributed by atoms with E-state index in [9.17, 15) is 9.59 Å². The summed E-state index contributed by atoms with van der Waals surface area (Å²) in [6.45, 7) is 2.44. The number of benzene rings is 1. The molecular weight excluding hydrogens is 246 g/mol. The Hall–Kier alpha value is -2.56. The average Bonchev–Trinajstić information content (AvgIpc) is 2.39. The highest BCUT2D eigenvalue weighted by molar-refractivity contribution is 5.95. The molecule has 0 saturated carbocycles. The molecule has 5 nitrogen and oxygen atoms in total. The van der Waals surface area contributed by atoms with Crippen LogP contribution in [0.5, 0.6) is 5.75 Å². The van der Waals surface area contributed by atoms with Crippen LogP contribution in [-0.4, -0.2) is 22.7 Å². The number of nitrogens with one attached hydrogen (secondary N) is 1. The van der Waals surface area contributed by atoms with E-state index in [1.807, 2.05) is 6.92 Å². The standard InChI is InChI=1S/C14H13NO4/c1-2-19-10-5-3-9(4-6-10)11-7-8-15-13(16)12(11)14(17)18/h3-8H,2H2,1H3,(H,15,16)(H,17,18). The van der Waals surface area contributed by atoms with Crippen LogP contribution in [0.3, 0.4) is 0 Å².